The molecule has 1 aliphatic heterocycles. The molecule has 0 spiro atoms. The number of aromatic nitrogens is 1. The van der Waals surface area contributed by atoms with Crippen molar-refractivity contribution in [1.29, 1.82) is 0 Å². The maximum Gasteiger partial charge on any atom is 0.272 e. The van der Waals surface area contributed by atoms with Gasteiger partial charge in [-0.2, -0.15) is 0 Å². The van der Waals surface area contributed by atoms with E-state index in [1.54, 1.807) is 30.3 Å². The van der Waals surface area contributed by atoms with E-state index in [0.717, 1.165) is 31.5 Å². The van der Waals surface area contributed by atoms with Gasteiger partial charge in [0.05, 0.1) is 0 Å². The average Bonchev–Trinajstić information content (AvgIpc) is 2.67. The summed E-state index contributed by atoms with van der Waals surface area (Å²) in [6.07, 6.45) is 2.01. The highest BCUT2D eigenvalue weighted by atomic mass is 35.5. The SMILES string of the molecule is CC1CCN(C(=O)c2cccc(C(=O)NCc3ccc(Cl)cc3)n2)CC1. The summed E-state index contributed by atoms with van der Waals surface area (Å²) >= 11 is 5.86. The Bertz CT molecular complexity index is 784. The standard InChI is InChI=1S/C20H22ClN3O2/c1-14-9-11-24(12-10-14)20(26)18-4-2-3-17(23-18)19(25)22-13-15-5-7-16(21)8-6-15/h2-8,14H,9-13H2,1H3,(H,22,25). The van der Waals surface area contributed by atoms with Crippen molar-refractivity contribution in [2.75, 3.05) is 13.1 Å². The van der Waals surface area contributed by atoms with Gasteiger partial charge in [0, 0.05) is 24.7 Å². The first-order valence-electron chi connectivity index (χ1n) is 8.82. The van der Waals surface area contributed by atoms with Crippen LogP contribution < -0.4 is 5.32 Å². The van der Waals surface area contributed by atoms with Crippen LogP contribution in [-0.2, 0) is 6.54 Å². The number of pyridine rings is 1. The number of halogens is 1. The number of hydrogen-bond acceptors (Lipinski definition) is 3. The molecule has 0 saturated carbocycles. The highest BCUT2D eigenvalue weighted by Gasteiger charge is 2.23. The highest BCUT2D eigenvalue weighted by Crippen LogP contribution is 2.17. The zero-order valence-electron chi connectivity index (χ0n) is 14.7. The van der Waals surface area contributed by atoms with E-state index >= 15 is 0 Å². The molecule has 136 valence electrons. The Morgan fingerprint density at radius 1 is 1.12 bits per heavy atom. The third-order valence-electron chi connectivity index (χ3n) is 4.64. The molecule has 2 heterocycles. The lowest BCUT2D eigenvalue weighted by Crippen LogP contribution is -2.38. The van der Waals surface area contributed by atoms with Gasteiger partial charge in [0.25, 0.3) is 11.8 Å². The van der Waals surface area contributed by atoms with Crippen LogP contribution in [0.3, 0.4) is 0 Å². The Morgan fingerprint density at radius 2 is 1.77 bits per heavy atom. The topological polar surface area (TPSA) is 62.3 Å². The predicted molar refractivity (Wildman–Crippen MR) is 101 cm³/mol. The summed E-state index contributed by atoms with van der Waals surface area (Å²) in [7, 11) is 0. The third kappa shape index (κ3) is 4.61. The number of nitrogens with zero attached hydrogens (tertiary/aromatic N) is 2. The smallest absolute Gasteiger partial charge is 0.272 e. The normalized spacial score (nSPS) is 14.9. The van der Waals surface area contributed by atoms with E-state index in [2.05, 4.69) is 17.2 Å². The van der Waals surface area contributed by atoms with Gasteiger partial charge in [-0.05, 0) is 48.6 Å². The van der Waals surface area contributed by atoms with Crippen LogP contribution in [0, 0.1) is 5.92 Å². The zero-order valence-corrected chi connectivity index (χ0v) is 15.5. The first-order chi connectivity index (χ1) is 12.5. The molecule has 0 atom stereocenters. The summed E-state index contributed by atoms with van der Waals surface area (Å²) in [4.78, 5) is 31.1. The number of benzene rings is 1. The fourth-order valence-electron chi connectivity index (χ4n) is 2.93. The Balaban J connectivity index is 1.63. The van der Waals surface area contributed by atoms with E-state index in [4.69, 9.17) is 11.6 Å². The van der Waals surface area contributed by atoms with Crippen molar-refractivity contribution >= 4 is 23.4 Å². The Morgan fingerprint density at radius 3 is 2.46 bits per heavy atom. The first-order valence-corrected chi connectivity index (χ1v) is 9.19. The molecule has 1 aliphatic rings. The fourth-order valence-corrected chi connectivity index (χ4v) is 3.06. The van der Waals surface area contributed by atoms with Crippen molar-refractivity contribution in [1.82, 2.24) is 15.2 Å². The van der Waals surface area contributed by atoms with Crippen molar-refractivity contribution in [2.24, 2.45) is 5.92 Å². The van der Waals surface area contributed by atoms with E-state index in [1.165, 1.54) is 0 Å². The van der Waals surface area contributed by atoms with Crippen LogP contribution in [0.1, 0.15) is 46.3 Å². The van der Waals surface area contributed by atoms with E-state index in [-0.39, 0.29) is 17.5 Å². The molecule has 1 aromatic carbocycles. The summed E-state index contributed by atoms with van der Waals surface area (Å²) in [5.41, 5.74) is 1.51. The molecule has 2 aromatic rings. The summed E-state index contributed by atoms with van der Waals surface area (Å²) in [5.74, 6) is 0.239. The second kappa shape index (κ2) is 8.32. The van der Waals surface area contributed by atoms with E-state index in [1.807, 2.05) is 17.0 Å². The lowest BCUT2D eigenvalue weighted by atomic mass is 9.99. The average molecular weight is 372 g/mol. The van der Waals surface area contributed by atoms with Crippen LogP contribution in [0.5, 0.6) is 0 Å². The summed E-state index contributed by atoms with van der Waals surface area (Å²) < 4.78 is 0. The maximum atomic E-state index is 12.6. The lowest BCUT2D eigenvalue weighted by molar-refractivity contribution is 0.0691. The summed E-state index contributed by atoms with van der Waals surface area (Å²) in [5, 5.41) is 3.47. The minimum Gasteiger partial charge on any atom is -0.347 e. The molecular weight excluding hydrogens is 350 g/mol. The van der Waals surface area contributed by atoms with Gasteiger partial charge in [0.15, 0.2) is 0 Å². The number of amides is 2. The second-order valence-electron chi connectivity index (χ2n) is 6.69. The summed E-state index contributed by atoms with van der Waals surface area (Å²) in [6.45, 7) is 4.06. The summed E-state index contributed by atoms with van der Waals surface area (Å²) in [6, 6.07) is 12.2. The van der Waals surface area contributed by atoms with Crippen LogP contribution in [0.25, 0.3) is 0 Å². The van der Waals surface area contributed by atoms with Crippen molar-refractivity contribution in [3.63, 3.8) is 0 Å². The molecule has 0 radical (unpaired) electrons. The quantitative estimate of drug-likeness (QED) is 0.894. The minimum atomic E-state index is -0.304. The third-order valence-corrected chi connectivity index (χ3v) is 4.89. The van der Waals surface area contributed by atoms with Crippen LogP contribution in [0.15, 0.2) is 42.5 Å². The van der Waals surface area contributed by atoms with Crippen LogP contribution in [0.2, 0.25) is 5.02 Å². The van der Waals surface area contributed by atoms with Gasteiger partial charge < -0.3 is 10.2 Å². The van der Waals surface area contributed by atoms with Gasteiger partial charge in [-0.3, -0.25) is 9.59 Å². The molecule has 1 aromatic heterocycles. The van der Waals surface area contributed by atoms with E-state index in [0.29, 0.717) is 23.2 Å². The molecule has 6 heteroatoms. The van der Waals surface area contributed by atoms with Crippen molar-refractivity contribution in [3.05, 3.63) is 64.4 Å². The van der Waals surface area contributed by atoms with Crippen LogP contribution >= 0.6 is 11.6 Å². The zero-order chi connectivity index (χ0) is 18.5. The Labute approximate surface area is 158 Å². The number of carbonyl (C=O) groups excluding carboxylic acids is 2. The maximum absolute atomic E-state index is 12.6. The number of likely N-dealkylation sites (tertiary alicyclic amines) is 1. The van der Waals surface area contributed by atoms with Crippen molar-refractivity contribution < 1.29 is 9.59 Å². The first kappa shape index (κ1) is 18.4. The van der Waals surface area contributed by atoms with Gasteiger partial charge in [0.1, 0.15) is 11.4 Å². The minimum absolute atomic E-state index is 0.107. The molecule has 1 fully saturated rings. The van der Waals surface area contributed by atoms with E-state index in [9.17, 15) is 9.59 Å². The number of carbonyl (C=O) groups is 2. The highest BCUT2D eigenvalue weighted by molar-refractivity contribution is 6.30. The molecule has 0 bridgehead atoms. The molecule has 1 saturated heterocycles. The molecular formula is C20H22ClN3O2. The monoisotopic (exact) mass is 371 g/mol. The molecule has 2 amide bonds. The molecule has 1 N–H and O–H groups in total. The Kier molecular flexibility index (Phi) is 5.89. The molecule has 0 unspecified atom stereocenters. The fraction of sp³-hybridized carbons (Fsp3) is 0.350. The molecule has 26 heavy (non-hydrogen) atoms. The molecule has 5 nitrogen and oxygen atoms in total. The predicted octanol–water partition coefficient (Wildman–Crippen LogP) is 3.54. The number of nitrogens with one attached hydrogen (secondary N) is 1. The van der Waals surface area contributed by atoms with Gasteiger partial charge in [-0.1, -0.05) is 36.7 Å². The van der Waals surface area contributed by atoms with Gasteiger partial charge in [-0.15, -0.1) is 0 Å². The number of rotatable bonds is 4. The largest absolute Gasteiger partial charge is 0.347 e. The lowest BCUT2D eigenvalue weighted by Gasteiger charge is -2.30. The second-order valence-corrected chi connectivity index (χ2v) is 7.13. The van der Waals surface area contributed by atoms with Crippen molar-refractivity contribution in [3.8, 4) is 0 Å². The molecule has 3 rings (SSSR count). The van der Waals surface area contributed by atoms with E-state index < -0.39 is 0 Å². The van der Waals surface area contributed by atoms with Gasteiger partial charge >= 0.3 is 0 Å². The Hall–Kier alpha value is -2.40. The van der Waals surface area contributed by atoms with Crippen LogP contribution in [0.4, 0.5) is 0 Å². The van der Waals surface area contributed by atoms with Crippen LogP contribution in [-0.4, -0.2) is 34.8 Å². The molecule has 0 aliphatic carbocycles. The van der Waals surface area contributed by atoms with Crippen molar-refractivity contribution in [2.45, 2.75) is 26.3 Å². The van der Waals surface area contributed by atoms with Gasteiger partial charge in [-0.25, -0.2) is 4.98 Å². The van der Waals surface area contributed by atoms with Gasteiger partial charge in [0.2, 0.25) is 0 Å². The number of piperidine rings is 1. The number of hydrogen-bond donors (Lipinski definition) is 1.